The fraction of sp³-hybridized carbons (Fsp3) is 0.761. The van der Waals surface area contributed by atoms with Crippen molar-refractivity contribution >= 4 is 17.9 Å². The van der Waals surface area contributed by atoms with E-state index in [9.17, 15) is 14.4 Å². The molecule has 444 valence electrons. The van der Waals surface area contributed by atoms with E-state index in [0.717, 1.165) is 103 Å². The average molecular weight is 1070 g/mol. The third kappa shape index (κ3) is 63.3. The molecule has 0 aromatic rings. The van der Waals surface area contributed by atoms with E-state index < -0.39 is 6.10 Å². The van der Waals surface area contributed by atoms with Gasteiger partial charge in [-0.25, -0.2) is 0 Å². The van der Waals surface area contributed by atoms with Crippen LogP contribution in [0, 0.1) is 0 Å². The summed E-state index contributed by atoms with van der Waals surface area (Å²) in [5.41, 5.74) is 0. The lowest BCUT2D eigenvalue weighted by Gasteiger charge is -2.18. The summed E-state index contributed by atoms with van der Waals surface area (Å²) in [5, 5.41) is 0. The lowest BCUT2D eigenvalue weighted by Crippen LogP contribution is -2.30. The van der Waals surface area contributed by atoms with Crippen molar-refractivity contribution in [2.45, 2.75) is 335 Å². The van der Waals surface area contributed by atoms with Gasteiger partial charge in [0.05, 0.1) is 0 Å². The number of unbranched alkanes of at least 4 members (excludes halogenated alkanes) is 35. The Morgan fingerprint density at radius 3 is 0.792 bits per heavy atom. The third-order valence-electron chi connectivity index (χ3n) is 14.4. The summed E-state index contributed by atoms with van der Waals surface area (Å²) >= 11 is 0. The van der Waals surface area contributed by atoms with Crippen molar-refractivity contribution in [3.8, 4) is 0 Å². The van der Waals surface area contributed by atoms with E-state index in [1.54, 1.807) is 0 Å². The van der Waals surface area contributed by atoms with Gasteiger partial charge in [-0.1, -0.05) is 318 Å². The van der Waals surface area contributed by atoms with E-state index in [4.69, 9.17) is 14.2 Å². The molecule has 0 fully saturated rings. The lowest BCUT2D eigenvalue weighted by atomic mass is 10.0. The van der Waals surface area contributed by atoms with Crippen molar-refractivity contribution in [3.63, 3.8) is 0 Å². The van der Waals surface area contributed by atoms with Gasteiger partial charge in [0.1, 0.15) is 13.2 Å². The predicted octanol–water partition coefficient (Wildman–Crippen LogP) is 22.7. The van der Waals surface area contributed by atoms with Gasteiger partial charge in [0, 0.05) is 19.3 Å². The van der Waals surface area contributed by atoms with Gasteiger partial charge in [-0.05, 0) is 77.0 Å². The monoisotopic (exact) mass is 1070 g/mol. The van der Waals surface area contributed by atoms with Crippen LogP contribution in [0.15, 0.2) is 85.1 Å². The van der Waals surface area contributed by atoms with Gasteiger partial charge in [0.25, 0.3) is 0 Å². The minimum atomic E-state index is -0.771. The quantitative estimate of drug-likeness (QED) is 0.0261. The summed E-state index contributed by atoms with van der Waals surface area (Å²) in [7, 11) is 0. The number of carbonyl (C=O) groups is 3. The van der Waals surface area contributed by atoms with Gasteiger partial charge >= 0.3 is 17.9 Å². The first-order valence-corrected chi connectivity index (χ1v) is 33.1. The van der Waals surface area contributed by atoms with Crippen LogP contribution in [-0.2, 0) is 28.6 Å². The van der Waals surface area contributed by atoms with Crippen molar-refractivity contribution in [2.75, 3.05) is 13.2 Å². The minimum Gasteiger partial charge on any atom is -0.462 e. The van der Waals surface area contributed by atoms with Gasteiger partial charge in [0.15, 0.2) is 6.10 Å². The maximum absolute atomic E-state index is 12.8. The Balaban J connectivity index is 4.09. The molecule has 1 unspecified atom stereocenters. The predicted molar refractivity (Wildman–Crippen MR) is 334 cm³/mol. The van der Waals surface area contributed by atoms with Crippen molar-refractivity contribution in [3.05, 3.63) is 85.1 Å². The molecule has 6 heteroatoms. The fourth-order valence-electron chi connectivity index (χ4n) is 9.48. The lowest BCUT2D eigenvalue weighted by molar-refractivity contribution is -0.167. The molecule has 0 heterocycles. The summed E-state index contributed by atoms with van der Waals surface area (Å²) in [6.07, 6.45) is 86.1. The third-order valence-corrected chi connectivity index (χ3v) is 14.4. The van der Waals surface area contributed by atoms with E-state index in [2.05, 4.69) is 106 Å². The number of allylic oxidation sites excluding steroid dienone is 14. The van der Waals surface area contributed by atoms with Gasteiger partial charge < -0.3 is 14.2 Å². The number of ether oxygens (including phenoxy) is 3. The Morgan fingerprint density at radius 2 is 0.506 bits per heavy atom. The van der Waals surface area contributed by atoms with Crippen LogP contribution in [0.5, 0.6) is 0 Å². The maximum Gasteiger partial charge on any atom is 0.306 e. The molecule has 0 spiro atoms. The Morgan fingerprint density at radius 1 is 0.273 bits per heavy atom. The van der Waals surface area contributed by atoms with Crippen LogP contribution in [0.25, 0.3) is 0 Å². The highest BCUT2D eigenvalue weighted by Crippen LogP contribution is 2.17. The number of rotatable bonds is 60. The molecular weight excluding hydrogens is 949 g/mol. The molecule has 0 radical (unpaired) electrons. The fourth-order valence-corrected chi connectivity index (χ4v) is 9.48. The van der Waals surface area contributed by atoms with Crippen LogP contribution in [-0.4, -0.2) is 37.2 Å². The Kier molecular flexibility index (Phi) is 62.2. The Labute approximate surface area is 477 Å². The largest absolute Gasteiger partial charge is 0.462 e. The summed E-state index contributed by atoms with van der Waals surface area (Å²) in [6, 6.07) is 0. The second-order valence-electron chi connectivity index (χ2n) is 22.0. The van der Waals surface area contributed by atoms with Gasteiger partial charge in [-0.2, -0.15) is 0 Å². The summed E-state index contributed by atoms with van der Waals surface area (Å²) in [5.74, 6) is -0.856. The topological polar surface area (TPSA) is 78.9 Å². The van der Waals surface area contributed by atoms with Crippen LogP contribution in [0.4, 0.5) is 0 Å². The molecule has 0 saturated heterocycles. The molecule has 0 saturated carbocycles. The number of hydrogen-bond acceptors (Lipinski definition) is 6. The first-order chi connectivity index (χ1) is 38.0. The van der Waals surface area contributed by atoms with Gasteiger partial charge in [-0.15, -0.1) is 0 Å². The van der Waals surface area contributed by atoms with Crippen LogP contribution in [0.3, 0.4) is 0 Å². The minimum absolute atomic E-state index is 0.0698. The van der Waals surface area contributed by atoms with Crippen molar-refractivity contribution in [2.24, 2.45) is 0 Å². The second-order valence-corrected chi connectivity index (χ2v) is 22.0. The SMILES string of the molecule is CC/C=C\C/C=C\C/C=C\C/C=C\C/C=C\C/C=C\C/C=C\CCCCCCCCCCCCCCCC(=O)OCC(COC(=O)CCCCCCCCCCCCC)OC(=O)CCCCCCCCCCCCCCC. The van der Waals surface area contributed by atoms with E-state index in [1.807, 2.05) is 0 Å². The van der Waals surface area contributed by atoms with E-state index in [1.165, 1.54) is 186 Å². The highest BCUT2D eigenvalue weighted by Gasteiger charge is 2.19. The molecule has 0 aliphatic rings. The van der Waals surface area contributed by atoms with Crippen LogP contribution >= 0.6 is 0 Å². The smallest absolute Gasteiger partial charge is 0.306 e. The molecule has 77 heavy (non-hydrogen) atoms. The molecule has 0 N–H and O–H groups in total. The summed E-state index contributed by atoms with van der Waals surface area (Å²) < 4.78 is 16.9. The highest BCUT2D eigenvalue weighted by molar-refractivity contribution is 5.71. The molecule has 0 aromatic carbocycles. The van der Waals surface area contributed by atoms with Gasteiger partial charge in [-0.3, -0.25) is 14.4 Å². The van der Waals surface area contributed by atoms with Crippen LogP contribution in [0.2, 0.25) is 0 Å². The number of esters is 3. The molecule has 0 aliphatic carbocycles. The normalized spacial score (nSPS) is 12.6. The summed E-state index contributed by atoms with van der Waals surface area (Å²) in [6.45, 7) is 6.55. The Hall–Kier alpha value is -3.41. The average Bonchev–Trinajstić information content (AvgIpc) is 3.43. The molecule has 0 amide bonds. The Bertz CT molecular complexity index is 1470. The number of hydrogen-bond donors (Lipinski definition) is 0. The van der Waals surface area contributed by atoms with Crippen molar-refractivity contribution in [1.82, 2.24) is 0 Å². The highest BCUT2D eigenvalue weighted by atomic mass is 16.6. The zero-order valence-electron chi connectivity index (χ0n) is 51.0. The first kappa shape index (κ1) is 73.6. The second kappa shape index (κ2) is 65.1. The molecule has 0 rings (SSSR count). The van der Waals surface area contributed by atoms with E-state index in [-0.39, 0.29) is 31.1 Å². The van der Waals surface area contributed by atoms with Crippen LogP contribution in [0.1, 0.15) is 329 Å². The molecule has 0 aliphatic heterocycles. The zero-order valence-corrected chi connectivity index (χ0v) is 51.0. The maximum atomic E-state index is 12.8. The zero-order chi connectivity index (χ0) is 55.7. The number of carbonyl (C=O) groups excluding carboxylic acids is 3. The van der Waals surface area contributed by atoms with Crippen LogP contribution < -0.4 is 0 Å². The van der Waals surface area contributed by atoms with Crippen molar-refractivity contribution < 1.29 is 28.6 Å². The molecule has 1 atom stereocenters. The standard InChI is InChI=1S/C71H124O6/c1-4-7-10-13-16-19-22-24-25-26-27-28-29-30-31-32-33-34-35-36-37-38-39-40-41-42-43-44-45-47-49-52-55-58-61-64-70(73)76-67-68(66-75-69(72)63-60-57-54-51-48-21-18-15-12-9-6-3)77-71(74)65-62-59-56-53-50-46-23-20-17-14-11-8-5-2/h7,10,16,19,24-25,27-28,30-31,33-34,36-37,68H,4-6,8-9,11-15,17-18,20-23,26,29,32,35,38-67H2,1-3H3/b10-7-,19-16-,25-24-,28-27-,31-30-,34-33-,37-36-. The molecular formula is C71H124O6. The van der Waals surface area contributed by atoms with Crippen molar-refractivity contribution in [1.29, 1.82) is 0 Å². The summed E-state index contributed by atoms with van der Waals surface area (Å²) in [4.78, 5) is 38.2. The molecule has 0 aromatic heterocycles. The van der Waals surface area contributed by atoms with E-state index >= 15 is 0 Å². The van der Waals surface area contributed by atoms with E-state index in [0.29, 0.717) is 19.3 Å². The first-order valence-electron chi connectivity index (χ1n) is 33.1. The molecule has 6 nitrogen and oxygen atoms in total. The van der Waals surface area contributed by atoms with Gasteiger partial charge in [0.2, 0.25) is 0 Å². The molecule has 0 bridgehead atoms.